The number of amides is 1. The van der Waals surface area contributed by atoms with E-state index in [-0.39, 0.29) is 24.7 Å². The van der Waals surface area contributed by atoms with Crippen molar-refractivity contribution < 1.29 is 28.9 Å². The summed E-state index contributed by atoms with van der Waals surface area (Å²) in [6.45, 7) is 3.13. The second-order valence-electron chi connectivity index (χ2n) is 10.7. The van der Waals surface area contributed by atoms with E-state index in [1.807, 2.05) is 84.4 Å². The van der Waals surface area contributed by atoms with Crippen molar-refractivity contribution in [3.8, 4) is 11.1 Å². The predicted octanol–water partition coefficient (Wildman–Crippen LogP) is 4.88. The molecule has 1 aromatic heterocycles. The van der Waals surface area contributed by atoms with E-state index in [1.165, 1.54) is 6.92 Å². The number of aliphatic hydroxyl groups excluding tert-OH is 1. The first-order chi connectivity index (χ1) is 21.3. The van der Waals surface area contributed by atoms with Gasteiger partial charge in [0.2, 0.25) is 0 Å². The summed E-state index contributed by atoms with van der Waals surface area (Å²) in [5.41, 5.74) is 5.73. The van der Waals surface area contributed by atoms with Crippen molar-refractivity contribution in [2.24, 2.45) is 7.05 Å². The van der Waals surface area contributed by atoms with Crippen molar-refractivity contribution in [2.45, 2.75) is 63.2 Å². The third kappa shape index (κ3) is 8.11. The van der Waals surface area contributed by atoms with Crippen LogP contribution in [0.3, 0.4) is 0 Å². The molecule has 44 heavy (non-hydrogen) atoms. The molecule has 2 N–H and O–H groups in total. The van der Waals surface area contributed by atoms with Crippen molar-refractivity contribution in [1.82, 2.24) is 20.1 Å². The first-order valence-electron chi connectivity index (χ1n) is 14.4. The van der Waals surface area contributed by atoms with Crippen molar-refractivity contribution in [2.75, 3.05) is 5.75 Å². The molecule has 3 aromatic carbocycles. The van der Waals surface area contributed by atoms with Crippen LogP contribution in [-0.2, 0) is 44.0 Å². The minimum Gasteiger partial charge on any atom is -0.453 e. The number of hydrogen-bond donors (Lipinski definition) is 2. The molecule has 1 aliphatic heterocycles. The molecule has 10 nitrogen and oxygen atoms in total. The molecule has 4 aromatic rings. The first-order valence-corrected chi connectivity index (χ1v) is 15.4. The number of nitrogens with one attached hydrogen (secondary N) is 1. The average molecular weight is 617 g/mol. The molecule has 1 aliphatic rings. The predicted molar refractivity (Wildman–Crippen MR) is 165 cm³/mol. The van der Waals surface area contributed by atoms with Crippen LogP contribution in [0.25, 0.3) is 11.1 Å². The lowest BCUT2D eigenvalue weighted by Crippen LogP contribution is -2.35. The van der Waals surface area contributed by atoms with Crippen LogP contribution in [0.4, 0.5) is 0 Å². The molecule has 1 saturated heterocycles. The molecule has 0 radical (unpaired) electrons. The molecule has 0 bridgehead atoms. The summed E-state index contributed by atoms with van der Waals surface area (Å²) in [4.78, 5) is 23.4. The molecule has 5 rings (SSSR count). The minimum absolute atomic E-state index is 0.00626. The lowest BCUT2D eigenvalue weighted by molar-refractivity contribution is -0.245. The maximum absolute atomic E-state index is 12.2. The van der Waals surface area contributed by atoms with Gasteiger partial charge in [-0.15, -0.1) is 10.2 Å². The van der Waals surface area contributed by atoms with E-state index in [0.29, 0.717) is 18.7 Å². The van der Waals surface area contributed by atoms with E-state index in [0.717, 1.165) is 38.5 Å². The van der Waals surface area contributed by atoms with Crippen LogP contribution in [-0.4, -0.2) is 49.7 Å². The molecular weight excluding hydrogens is 580 g/mol. The van der Waals surface area contributed by atoms with Gasteiger partial charge in [-0.05, 0) is 40.8 Å². The van der Waals surface area contributed by atoms with Crippen LogP contribution in [0.2, 0.25) is 0 Å². The van der Waals surface area contributed by atoms with Gasteiger partial charge in [0, 0.05) is 38.3 Å². The van der Waals surface area contributed by atoms with E-state index in [2.05, 4.69) is 15.5 Å². The maximum atomic E-state index is 12.2. The highest BCUT2D eigenvalue weighted by Crippen LogP contribution is 2.39. The number of hydrogen-bond acceptors (Lipinski definition) is 9. The van der Waals surface area contributed by atoms with Gasteiger partial charge >= 0.3 is 5.97 Å². The van der Waals surface area contributed by atoms with Gasteiger partial charge in [-0.25, -0.2) is 0 Å². The zero-order chi connectivity index (χ0) is 31.1. The number of esters is 1. The Bertz CT molecular complexity index is 1560. The molecule has 11 heteroatoms. The average Bonchev–Trinajstić information content (AvgIpc) is 3.46. The molecule has 1 fully saturated rings. The maximum Gasteiger partial charge on any atom is 0.303 e. The molecule has 1 amide bonds. The highest BCUT2D eigenvalue weighted by molar-refractivity contribution is 7.99. The summed E-state index contributed by atoms with van der Waals surface area (Å²) >= 11 is 1.60. The number of nitrogens with zero attached hydrogens (tertiary/aromatic N) is 3. The third-order valence-electron chi connectivity index (χ3n) is 7.31. The highest BCUT2D eigenvalue weighted by atomic mass is 32.2. The van der Waals surface area contributed by atoms with Crippen LogP contribution >= 0.6 is 11.8 Å². The molecule has 2 heterocycles. The quantitative estimate of drug-likeness (QED) is 0.179. The zero-order valence-corrected chi connectivity index (χ0v) is 25.7. The Morgan fingerprint density at radius 1 is 1.05 bits per heavy atom. The molecule has 4 atom stereocenters. The summed E-state index contributed by atoms with van der Waals surface area (Å²) in [6, 6.07) is 23.8. The zero-order valence-electron chi connectivity index (χ0n) is 24.9. The van der Waals surface area contributed by atoms with E-state index >= 15 is 0 Å². The number of benzene rings is 3. The summed E-state index contributed by atoms with van der Waals surface area (Å²) in [7, 11) is 1.92. The fourth-order valence-corrected chi connectivity index (χ4v) is 5.83. The van der Waals surface area contributed by atoms with Crippen molar-refractivity contribution >= 4 is 23.6 Å². The summed E-state index contributed by atoms with van der Waals surface area (Å²) in [5, 5.41) is 21.3. The summed E-state index contributed by atoms with van der Waals surface area (Å²) in [6.07, 6.45) is 0.681. The van der Waals surface area contributed by atoms with Crippen molar-refractivity contribution in [3.05, 3.63) is 101 Å². The van der Waals surface area contributed by atoms with Crippen LogP contribution in [0.15, 0.2) is 84.3 Å². The van der Waals surface area contributed by atoms with Gasteiger partial charge in [0.15, 0.2) is 17.6 Å². The van der Waals surface area contributed by atoms with Crippen LogP contribution in [0, 0.1) is 0 Å². The van der Waals surface area contributed by atoms with Gasteiger partial charge in [-0.3, -0.25) is 9.59 Å². The van der Waals surface area contributed by atoms with Crippen LogP contribution in [0.5, 0.6) is 0 Å². The van der Waals surface area contributed by atoms with E-state index in [1.54, 1.807) is 25.0 Å². The lowest BCUT2D eigenvalue weighted by atomic mass is 9.99. The van der Waals surface area contributed by atoms with E-state index < -0.39 is 18.4 Å². The molecule has 0 spiro atoms. The summed E-state index contributed by atoms with van der Waals surface area (Å²) < 4.78 is 19.8. The Labute approximate surface area is 260 Å². The number of carbonyl (C=O) groups excluding carboxylic acids is 2. The normalized spacial score (nSPS) is 18.9. The number of rotatable bonds is 11. The fraction of sp³-hybridized carbons (Fsp3) is 0.333. The van der Waals surface area contributed by atoms with Gasteiger partial charge < -0.3 is 29.2 Å². The van der Waals surface area contributed by atoms with E-state index in [4.69, 9.17) is 14.2 Å². The molecule has 230 valence electrons. The molecule has 0 aliphatic carbocycles. The second-order valence-corrected chi connectivity index (χ2v) is 11.7. The highest BCUT2D eigenvalue weighted by Gasteiger charge is 2.32. The van der Waals surface area contributed by atoms with Crippen LogP contribution < -0.4 is 5.32 Å². The Hall–Kier alpha value is -4.03. The smallest absolute Gasteiger partial charge is 0.303 e. The number of aliphatic hydroxyl groups is 1. The topological polar surface area (TPSA) is 125 Å². The van der Waals surface area contributed by atoms with Gasteiger partial charge in [-0.1, -0.05) is 78.5 Å². The van der Waals surface area contributed by atoms with Gasteiger partial charge in [0.25, 0.3) is 5.91 Å². The number of aryl methyl sites for hydroxylation is 1. The van der Waals surface area contributed by atoms with Gasteiger partial charge in [0.1, 0.15) is 6.33 Å². The van der Waals surface area contributed by atoms with Gasteiger partial charge in [-0.2, -0.15) is 0 Å². The third-order valence-corrected chi connectivity index (χ3v) is 8.47. The number of thioether (sulfide) groups is 1. The number of aromatic nitrogens is 3. The molecular formula is C33H36N4O6S. The van der Waals surface area contributed by atoms with Crippen molar-refractivity contribution in [3.63, 3.8) is 0 Å². The van der Waals surface area contributed by atoms with Gasteiger partial charge in [0.05, 0.1) is 18.8 Å². The Kier molecular flexibility index (Phi) is 10.4. The van der Waals surface area contributed by atoms with E-state index in [9.17, 15) is 14.7 Å². The van der Waals surface area contributed by atoms with Crippen LogP contribution in [0.1, 0.15) is 54.9 Å². The fourth-order valence-electron chi connectivity index (χ4n) is 4.92. The Balaban J connectivity index is 1.28. The largest absolute Gasteiger partial charge is 0.453 e. The summed E-state index contributed by atoms with van der Waals surface area (Å²) in [5.74, 6) is -0.150. The molecule has 0 saturated carbocycles. The van der Waals surface area contributed by atoms with Crippen molar-refractivity contribution in [1.29, 1.82) is 0 Å². The monoisotopic (exact) mass is 616 g/mol. The number of carbonyl (C=O) groups is 2. The minimum atomic E-state index is -0.850. The standard InChI is InChI=1S/C33H36N4O6S/c1-21(41-22(2)39)31(40)34-17-24-5-4-6-28(15-24)25-11-13-27(14-12-25)32-42-29(19-44-33-36-35-20-37(33)3)16-30(43-32)26-9-7-23(18-38)8-10-26/h4-15,20-21,29-30,32,38H,16-19H2,1-3H3,(H,34,40). The lowest BCUT2D eigenvalue weighted by Gasteiger charge is -2.36. The SMILES string of the molecule is CC(=O)OC(C)C(=O)NCc1cccc(-c2ccc(C3OC(CSc4nncn4C)CC(c4ccc(CO)cc4)O3)cc2)c1. The number of ether oxygens (including phenoxy) is 3. The molecule has 4 unspecified atom stereocenters. The first kappa shape index (κ1) is 31.4. The Morgan fingerprint density at radius 3 is 2.48 bits per heavy atom. The Morgan fingerprint density at radius 2 is 1.80 bits per heavy atom. The second kappa shape index (κ2) is 14.6.